The Hall–Kier alpha value is -4.09. The first-order valence-electron chi connectivity index (χ1n) is 11.0. The van der Waals surface area contributed by atoms with E-state index < -0.39 is 23.5 Å². The van der Waals surface area contributed by atoms with Crippen LogP contribution in [0.4, 0.5) is 0 Å². The Morgan fingerprint density at radius 1 is 1.14 bits per heavy atom. The van der Waals surface area contributed by atoms with E-state index >= 15 is 0 Å². The molecule has 35 heavy (non-hydrogen) atoms. The lowest BCUT2D eigenvalue weighted by Crippen LogP contribution is -2.45. The summed E-state index contributed by atoms with van der Waals surface area (Å²) in [5, 5.41) is 9.54. The molecule has 3 heterocycles. The van der Waals surface area contributed by atoms with Crippen LogP contribution < -0.4 is 10.5 Å². The Bertz CT molecular complexity index is 1210. The van der Waals surface area contributed by atoms with Crippen LogP contribution in [0.15, 0.2) is 67.7 Å². The molecule has 0 aromatic carbocycles. The molecular formula is C24H25N7O4. The first-order chi connectivity index (χ1) is 17.0. The van der Waals surface area contributed by atoms with Gasteiger partial charge in [-0.2, -0.15) is 4.98 Å². The molecule has 3 atom stereocenters. The fraction of sp³-hybridized carbons (Fsp3) is 0.292. The van der Waals surface area contributed by atoms with Crippen LogP contribution in [0.5, 0.6) is 6.01 Å². The highest BCUT2D eigenvalue weighted by molar-refractivity contribution is 5.76. The number of allylic oxidation sites excluding steroid dienone is 2. The quantitative estimate of drug-likeness (QED) is 0.441. The molecule has 0 fully saturated rings. The van der Waals surface area contributed by atoms with Crippen LogP contribution in [0, 0.1) is 5.92 Å². The van der Waals surface area contributed by atoms with E-state index in [0.29, 0.717) is 29.3 Å². The lowest BCUT2D eigenvalue weighted by Gasteiger charge is -2.42. The van der Waals surface area contributed by atoms with Crippen molar-refractivity contribution < 1.29 is 19.4 Å². The van der Waals surface area contributed by atoms with Gasteiger partial charge in [-0.15, -0.1) is 0 Å². The Labute approximate surface area is 201 Å². The average Bonchev–Trinajstić information content (AvgIpc) is 2.89. The number of rotatable bonds is 10. The van der Waals surface area contributed by atoms with Crippen molar-refractivity contribution in [2.24, 2.45) is 11.7 Å². The summed E-state index contributed by atoms with van der Waals surface area (Å²) >= 11 is 0. The normalized spacial score (nSPS) is 20.2. The zero-order valence-corrected chi connectivity index (χ0v) is 19.1. The smallest absolute Gasteiger partial charge is 0.320 e. The minimum Gasteiger partial charge on any atom is -0.480 e. The molecule has 180 valence electrons. The second kappa shape index (κ2) is 10.9. The molecule has 11 nitrogen and oxygen atoms in total. The van der Waals surface area contributed by atoms with Crippen molar-refractivity contribution in [3.63, 3.8) is 0 Å². The third-order valence-corrected chi connectivity index (χ3v) is 5.59. The predicted molar refractivity (Wildman–Crippen MR) is 125 cm³/mol. The Balaban J connectivity index is 1.83. The number of carboxylic acids is 1. The van der Waals surface area contributed by atoms with E-state index in [9.17, 15) is 9.90 Å². The van der Waals surface area contributed by atoms with E-state index in [4.69, 9.17) is 15.2 Å². The van der Waals surface area contributed by atoms with Gasteiger partial charge in [0, 0.05) is 30.1 Å². The van der Waals surface area contributed by atoms with Crippen molar-refractivity contribution in [1.29, 1.82) is 0 Å². The molecule has 3 unspecified atom stereocenters. The number of aromatic nitrogens is 6. The van der Waals surface area contributed by atoms with E-state index in [1.54, 1.807) is 36.8 Å². The molecule has 0 aliphatic heterocycles. The van der Waals surface area contributed by atoms with E-state index in [0.717, 1.165) is 0 Å². The standard InChI is InChI=1S/C24H25N7O4/c1-2-34-23-28-11-6-17(31-23)13-35-24(21-8-10-27-15-30-21)16(12-19(25)22(32)33)4-3-5-18(24)20-7-9-26-14-29-20/h3-11,14-16,19H,2,12-13,25H2,1H3,(H,32,33). The number of carboxylic acid groups (broad SMARTS) is 1. The highest BCUT2D eigenvalue weighted by Gasteiger charge is 2.48. The van der Waals surface area contributed by atoms with Crippen LogP contribution in [-0.4, -0.2) is 53.6 Å². The largest absolute Gasteiger partial charge is 0.480 e. The van der Waals surface area contributed by atoms with Gasteiger partial charge in [-0.25, -0.2) is 24.9 Å². The molecule has 0 spiro atoms. The summed E-state index contributed by atoms with van der Waals surface area (Å²) in [6.45, 7) is 2.33. The second-order valence-corrected chi connectivity index (χ2v) is 7.73. The van der Waals surface area contributed by atoms with Crippen molar-refractivity contribution >= 4 is 11.5 Å². The molecular weight excluding hydrogens is 450 g/mol. The summed E-state index contributed by atoms with van der Waals surface area (Å²) in [7, 11) is 0. The van der Waals surface area contributed by atoms with Crippen molar-refractivity contribution in [1.82, 2.24) is 29.9 Å². The minimum absolute atomic E-state index is 0.0572. The van der Waals surface area contributed by atoms with E-state index in [1.807, 2.05) is 25.2 Å². The maximum atomic E-state index is 11.7. The first kappa shape index (κ1) is 24.0. The number of nitrogens with two attached hydrogens (primary N) is 1. The molecule has 1 aliphatic carbocycles. The van der Waals surface area contributed by atoms with Crippen LogP contribution >= 0.6 is 0 Å². The molecule has 1 aliphatic rings. The van der Waals surface area contributed by atoms with Gasteiger partial charge in [0.2, 0.25) is 0 Å². The third kappa shape index (κ3) is 5.20. The fourth-order valence-corrected chi connectivity index (χ4v) is 4.03. The number of ether oxygens (including phenoxy) is 2. The Kier molecular flexibility index (Phi) is 7.48. The third-order valence-electron chi connectivity index (χ3n) is 5.59. The van der Waals surface area contributed by atoms with Gasteiger partial charge < -0.3 is 20.3 Å². The lowest BCUT2D eigenvalue weighted by atomic mass is 9.71. The lowest BCUT2D eigenvalue weighted by molar-refractivity contribution is -0.139. The molecule has 4 rings (SSSR count). The topological polar surface area (TPSA) is 159 Å². The second-order valence-electron chi connectivity index (χ2n) is 7.73. The number of aliphatic carboxylic acids is 1. The summed E-state index contributed by atoms with van der Waals surface area (Å²) in [4.78, 5) is 37.2. The van der Waals surface area contributed by atoms with Crippen LogP contribution in [0.1, 0.15) is 30.4 Å². The summed E-state index contributed by atoms with van der Waals surface area (Å²) in [5.74, 6) is -1.60. The summed E-state index contributed by atoms with van der Waals surface area (Å²) in [5.41, 5.74) is 7.15. The minimum atomic E-state index is -1.24. The highest BCUT2D eigenvalue weighted by Crippen LogP contribution is 2.49. The van der Waals surface area contributed by atoms with Gasteiger partial charge in [0.05, 0.1) is 30.3 Å². The van der Waals surface area contributed by atoms with Crippen molar-refractivity contribution in [2.45, 2.75) is 31.6 Å². The van der Waals surface area contributed by atoms with E-state index in [2.05, 4.69) is 29.9 Å². The molecule has 3 aromatic rings. The first-order valence-corrected chi connectivity index (χ1v) is 11.0. The van der Waals surface area contributed by atoms with Crippen molar-refractivity contribution in [3.8, 4) is 6.01 Å². The summed E-state index contributed by atoms with van der Waals surface area (Å²) in [6, 6.07) is 4.34. The highest BCUT2D eigenvalue weighted by atomic mass is 16.5. The number of nitrogens with zero attached hydrogens (tertiary/aromatic N) is 6. The van der Waals surface area contributed by atoms with Crippen molar-refractivity contribution in [3.05, 3.63) is 84.8 Å². The number of carbonyl (C=O) groups is 1. The molecule has 3 N–H and O–H groups in total. The number of hydrogen-bond acceptors (Lipinski definition) is 10. The van der Waals surface area contributed by atoms with Crippen LogP contribution in [0.25, 0.3) is 5.57 Å². The molecule has 0 bridgehead atoms. The molecule has 0 radical (unpaired) electrons. The predicted octanol–water partition coefficient (Wildman–Crippen LogP) is 1.94. The van der Waals surface area contributed by atoms with Gasteiger partial charge in [0.15, 0.2) is 0 Å². The fourth-order valence-electron chi connectivity index (χ4n) is 4.03. The Morgan fingerprint density at radius 3 is 2.63 bits per heavy atom. The maximum absolute atomic E-state index is 11.7. The van der Waals surface area contributed by atoms with Gasteiger partial charge in [0.25, 0.3) is 0 Å². The summed E-state index contributed by atoms with van der Waals surface area (Å²) < 4.78 is 12.1. The van der Waals surface area contributed by atoms with Gasteiger partial charge in [0.1, 0.15) is 24.3 Å². The van der Waals surface area contributed by atoms with Gasteiger partial charge in [-0.3, -0.25) is 4.79 Å². The van der Waals surface area contributed by atoms with Gasteiger partial charge >= 0.3 is 12.0 Å². The summed E-state index contributed by atoms with van der Waals surface area (Å²) in [6.07, 6.45) is 13.4. The molecule has 0 saturated heterocycles. The number of hydrogen-bond donors (Lipinski definition) is 2. The van der Waals surface area contributed by atoms with Gasteiger partial charge in [-0.05, 0) is 31.5 Å². The van der Waals surface area contributed by atoms with Crippen LogP contribution in [-0.2, 0) is 21.7 Å². The molecule has 0 amide bonds. The zero-order valence-electron chi connectivity index (χ0n) is 19.1. The van der Waals surface area contributed by atoms with E-state index in [-0.39, 0.29) is 19.0 Å². The monoisotopic (exact) mass is 475 g/mol. The van der Waals surface area contributed by atoms with Crippen LogP contribution in [0.2, 0.25) is 0 Å². The maximum Gasteiger partial charge on any atom is 0.320 e. The van der Waals surface area contributed by atoms with E-state index in [1.165, 1.54) is 12.7 Å². The zero-order chi connectivity index (χ0) is 24.7. The molecule has 11 heteroatoms. The molecule has 0 saturated carbocycles. The SMILES string of the molecule is CCOc1nccc(COC2(c3ccncn3)C(c3ccncn3)=CC=CC2CC(N)C(=O)O)n1. The van der Waals surface area contributed by atoms with Crippen LogP contribution in [0.3, 0.4) is 0 Å². The van der Waals surface area contributed by atoms with Gasteiger partial charge in [-0.1, -0.05) is 18.2 Å². The molecule has 3 aromatic heterocycles. The average molecular weight is 476 g/mol. The Morgan fingerprint density at radius 2 is 1.94 bits per heavy atom. The van der Waals surface area contributed by atoms with Crippen molar-refractivity contribution in [2.75, 3.05) is 6.61 Å².